The molecule has 2 fully saturated rings. The molecule has 2 aliphatic rings. The Morgan fingerprint density at radius 2 is 1.90 bits per heavy atom. The largest absolute Gasteiger partial charge is 0.337 e. The Morgan fingerprint density at radius 1 is 1.30 bits per heavy atom. The second kappa shape index (κ2) is 2.23. The summed E-state index contributed by atoms with van der Waals surface area (Å²) in [6, 6.07) is 0.993. The van der Waals surface area contributed by atoms with Crippen molar-refractivity contribution in [3.63, 3.8) is 0 Å². The molecule has 1 N–H and O–H groups in total. The maximum Gasteiger partial charge on any atom is 0.210 e. The van der Waals surface area contributed by atoms with Crippen molar-refractivity contribution in [3.8, 4) is 0 Å². The summed E-state index contributed by atoms with van der Waals surface area (Å²) in [4.78, 5) is 12.5. The van der Waals surface area contributed by atoms with Crippen LogP contribution in [0, 0.1) is 0 Å². The molecule has 10 heavy (non-hydrogen) atoms. The molecule has 1 amide bonds. The molecule has 0 saturated carbocycles. The molecular weight excluding hydrogens is 128 g/mol. The minimum Gasteiger partial charge on any atom is -0.337 e. The second-order valence-corrected chi connectivity index (χ2v) is 3.10. The predicted octanol–water partition coefficient (Wildman–Crippen LogP) is -0.421. The highest BCUT2D eigenvalue weighted by molar-refractivity contribution is 5.49. The topological polar surface area (TPSA) is 32.3 Å². The van der Waals surface area contributed by atoms with Gasteiger partial charge in [-0.25, -0.2) is 0 Å². The van der Waals surface area contributed by atoms with E-state index >= 15 is 0 Å². The molecule has 2 atom stereocenters. The second-order valence-electron chi connectivity index (χ2n) is 3.10. The number of hydrogen-bond acceptors (Lipinski definition) is 2. The molecule has 2 saturated heterocycles. The van der Waals surface area contributed by atoms with Gasteiger partial charge in [0, 0.05) is 25.2 Å². The highest BCUT2D eigenvalue weighted by Gasteiger charge is 2.34. The number of piperazine rings is 1. The van der Waals surface area contributed by atoms with Crippen LogP contribution in [0.2, 0.25) is 0 Å². The summed E-state index contributed by atoms with van der Waals surface area (Å²) >= 11 is 0. The first-order valence-corrected chi connectivity index (χ1v) is 3.85. The van der Waals surface area contributed by atoms with Crippen molar-refractivity contribution < 1.29 is 4.79 Å². The van der Waals surface area contributed by atoms with E-state index in [4.69, 9.17) is 0 Å². The number of amides is 1. The van der Waals surface area contributed by atoms with Crippen LogP contribution in [-0.4, -0.2) is 36.5 Å². The number of hydrogen-bond donors (Lipinski definition) is 1. The van der Waals surface area contributed by atoms with Gasteiger partial charge >= 0.3 is 0 Å². The molecule has 2 aliphatic heterocycles. The summed E-state index contributed by atoms with van der Waals surface area (Å²) in [5.74, 6) is 0. The Labute approximate surface area is 60.4 Å². The first-order chi connectivity index (χ1) is 4.92. The number of rotatable bonds is 1. The zero-order valence-electron chi connectivity index (χ0n) is 5.92. The summed E-state index contributed by atoms with van der Waals surface area (Å²) in [5.41, 5.74) is 0. The van der Waals surface area contributed by atoms with Gasteiger partial charge in [-0.1, -0.05) is 0 Å². The Bertz CT molecular complexity index is 133. The molecule has 0 aromatic rings. The van der Waals surface area contributed by atoms with E-state index in [9.17, 15) is 4.79 Å². The van der Waals surface area contributed by atoms with Crippen molar-refractivity contribution in [3.05, 3.63) is 0 Å². The van der Waals surface area contributed by atoms with Crippen LogP contribution >= 0.6 is 0 Å². The lowest BCUT2D eigenvalue weighted by molar-refractivity contribution is -0.121. The maximum absolute atomic E-state index is 10.5. The van der Waals surface area contributed by atoms with Crippen molar-refractivity contribution >= 4 is 6.41 Å². The highest BCUT2D eigenvalue weighted by atomic mass is 16.1. The van der Waals surface area contributed by atoms with Gasteiger partial charge in [0.1, 0.15) is 0 Å². The third-order valence-corrected chi connectivity index (χ3v) is 2.56. The van der Waals surface area contributed by atoms with E-state index in [1.807, 2.05) is 4.90 Å². The molecule has 3 nitrogen and oxygen atoms in total. The van der Waals surface area contributed by atoms with Crippen molar-refractivity contribution in [2.45, 2.75) is 24.9 Å². The molecule has 2 bridgehead atoms. The SMILES string of the molecule is O=CN1[C@@H]2CC[C@H]1CNC2. The van der Waals surface area contributed by atoms with E-state index < -0.39 is 0 Å². The lowest BCUT2D eigenvalue weighted by Crippen LogP contribution is -2.50. The van der Waals surface area contributed by atoms with Gasteiger partial charge in [-0.2, -0.15) is 0 Å². The molecule has 0 aromatic carbocycles. The zero-order chi connectivity index (χ0) is 6.97. The number of nitrogens with one attached hydrogen (secondary N) is 1. The average Bonchev–Trinajstić information content (AvgIpc) is 2.19. The molecule has 0 unspecified atom stereocenters. The fraction of sp³-hybridized carbons (Fsp3) is 0.857. The maximum atomic E-state index is 10.5. The lowest BCUT2D eigenvalue weighted by Gasteiger charge is -2.31. The van der Waals surface area contributed by atoms with Gasteiger partial charge < -0.3 is 10.2 Å². The van der Waals surface area contributed by atoms with Crippen LogP contribution in [0.3, 0.4) is 0 Å². The predicted molar refractivity (Wildman–Crippen MR) is 37.6 cm³/mol. The molecular formula is C7H12N2O. The van der Waals surface area contributed by atoms with Gasteiger partial charge in [0.25, 0.3) is 0 Å². The third-order valence-electron chi connectivity index (χ3n) is 2.56. The van der Waals surface area contributed by atoms with Gasteiger partial charge in [0.15, 0.2) is 0 Å². The number of nitrogens with zero attached hydrogens (tertiary/aromatic N) is 1. The smallest absolute Gasteiger partial charge is 0.210 e. The normalized spacial score (nSPS) is 38.2. The average molecular weight is 140 g/mol. The van der Waals surface area contributed by atoms with E-state index in [0.717, 1.165) is 19.5 Å². The Hall–Kier alpha value is -0.570. The highest BCUT2D eigenvalue weighted by Crippen LogP contribution is 2.24. The van der Waals surface area contributed by atoms with Crippen LogP contribution in [0.1, 0.15) is 12.8 Å². The van der Waals surface area contributed by atoms with Crippen molar-refractivity contribution in [2.75, 3.05) is 13.1 Å². The van der Waals surface area contributed by atoms with Gasteiger partial charge in [0.2, 0.25) is 6.41 Å². The Kier molecular flexibility index (Phi) is 1.38. The number of carbonyl (C=O) groups excluding carboxylic acids is 1. The van der Waals surface area contributed by atoms with E-state index in [1.54, 1.807) is 0 Å². The van der Waals surface area contributed by atoms with E-state index in [-0.39, 0.29) is 0 Å². The van der Waals surface area contributed by atoms with Crippen molar-refractivity contribution in [2.24, 2.45) is 0 Å². The van der Waals surface area contributed by atoms with Crippen LogP contribution in [-0.2, 0) is 4.79 Å². The van der Waals surface area contributed by atoms with Crippen molar-refractivity contribution in [1.29, 1.82) is 0 Å². The minimum atomic E-state index is 0.497. The quantitative estimate of drug-likeness (QED) is 0.502. The van der Waals surface area contributed by atoms with Crippen molar-refractivity contribution in [1.82, 2.24) is 10.2 Å². The van der Waals surface area contributed by atoms with Gasteiger partial charge in [-0.3, -0.25) is 4.79 Å². The summed E-state index contributed by atoms with van der Waals surface area (Å²) in [6.45, 7) is 1.99. The zero-order valence-corrected chi connectivity index (χ0v) is 5.92. The van der Waals surface area contributed by atoms with Crippen LogP contribution in [0.15, 0.2) is 0 Å². The summed E-state index contributed by atoms with van der Waals surface area (Å²) in [7, 11) is 0. The summed E-state index contributed by atoms with van der Waals surface area (Å²) in [6.07, 6.45) is 3.38. The first kappa shape index (κ1) is 6.16. The van der Waals surface area contributed by atoms with Crippen LogP contribution < -0.4 is 5.32 Å². The monoisotopic (exact) mass is 140 g/mol. The summed E-state index contributed by atoms with van der Waals surface area (Å²) in [5, 5.41) is 3.31. The number of carbonyl (C=O) groups is 1. The van der Waals surface area contributed by atoms with Gasteiger partial charge in [-0.05, 0) is 12.8 Å². The molecule has 2 rings (SSSR count). The van der Waals surface area contributed by atoms with Crippen LogP contribution in [0.4, 0.5) is 0 Å². The Morgan fingerprint density at radius 3 is 2.30 bits per heavy atom. The molecule has 0 spiro atoms. The fourth-order valence-electron chi connectivity index (χ4n) is 1.98. The Balaban J connectivity index is 2.13. The van der Waals surface area contributed by atoms with Gasteiger partial charge in [0.05, 0.1) is 0 Å². The molecule has 0 radical (unpaired) electrons. The minimum absolute atomic E-state index is 0.497. The molecule has 0 aromatic heterocycles. The third kappa shape index (κ3) is 0.736. The van der Waals surface area contributed by atoms with E-state index in [0.29, 0.717) is 12.1 Å². The van der Waals surface area contributed by atoms with E-state index in [1.165, 1.54) is 12.8 Å². The van der Waals surface area contributed by atoms with Crippen LogP contribution in [0.25, 0.3) is 0 Å². The van der Waals surface area contributed by atoms with Crippen LogP contribution in [0.5, 0.6) is 0 Å². The number of fused-ring (bicyclic) bond motifs is 2. The van der Waals surface area contributed by atoms with Gasteiger partial charge in [-0.15, -0.1) is 0 Å². The standard InChI is InChI=1S/C7H12N2O/c10-5-9-6-1-2-7(9)4-8-3-6/h5-8H,1-4H2/t6-,7+. The first-order valence-electron chi connectivity index (χ1n) is 3.85. The molecule has 0 aliphatic carbocycles. The molecule has 3 heteroatoms. The molecule has 56 valence electrons. The van der Waals surface area contributed by atoms with E-state index in [2.05, 4.69) is 5.32 Å². The fourth-order valence-corrected chi connectivity index (χ4v) is 1.98. The molecule has 2 heterocycles. The lowest BCUT2D eigenvalue weighted by atomic mass is 10.2. The summed E-state index contributed by atoms with van der Waals surface area (Å²) < 4.78 is 0.